The van der Waals surface area contributed by atoms with E-state index in [9.17, 15) is 0 Å². The molecule has 9 aromatic carbocycles. The van der Waals surface area contributed by atoms with Crippen LogP contribution in [-0.4, -0.2) is 4.57 Å². The summed E-state index contributed by atoms with van der Waals surface area (Å²) in [6, 6.07) is 66.8. The maximum atomic E-state index is 2.47. The van der Waals surface area contributed by atoms with Gasteiger partial charge < -0.3 is 9.47 Å². The van der Waals surface area contributed by atoms with E-state index in [1.54, 1.807) is 0 Å². The van der Waals surface area contributed by atoms with Crippen LogP contribution in [0.2, 0.25) is 0 Å². The molecule has 3 heteroatoms. The van der Waals surface area contributed by atoms with Crippen molar-refractivity contribution in [3.05, 3.63) is 182 Å². The molecule has 0 aliphatic rings. The second-order valence-corrected chi connectivity index (χ2v) is 14.5. The van der Waals surface area contributed by atoms with Crippen molar-refractivity contribution < 1.29 is 0 Å². The topological polar surface area (TPSA) is 8.17 Å². The molecule has 0 N–H and O–H groups in total. The maximum Gasteiger partial charge on any atom is 0.0562 e. The molecule has 0 aliphatic carbocycles. The summed E-state index contributed by atoms with van der Waals surface area (Å²) in [6.45, 7) is 0. The van der Waals surface area contributed by atoms with Gasteiger partial charge in [-0.2, -0.15) is 0 Å². The van der Waals surface area contributed by atoms with Gasteiger partial charge in [0.2, 0.25) is 0 Å². The van der Waals surface area contributed by atoms with Crippen LogP contribution in [0.1, 0.15) is 0 Å². The average Bonchev–Trinajstić information content (AvgIpc) is 3.73. The molecule has 238 valence electrons. The molecule has 2 nitrogen and oxygen atoms in total. The number of rotatable bonds is 4. The maximum absolute atomic E-state index is 2.47. The zero-order valence-electron chi connectivity index (χ0n) is 27.6. The molecule has 0 saturated heterocycles. The quantitative estimate of drug-likeness (QED) is 0.181. The summed E-state index contributed by atoms with van der Waals surface area (Å²) in [7, 11) is 0. The van der Waals surface area contributed by atoms with E-state index in [0.29, 0.717) is 0 Å². The number of aromatic nitrogens is 1. The molecule has 0 bridgehead atoms. The number of benzene rings is 9. The lowest BCUT2D eigenvalue weighted by molar-refractivity contribution is 1.18. The summed E-state index contributed by atoms with van der Waals surface area (Å²) in [5, 5.41) is 12.6. The van der Waals surface area contributed by atoms with Gasteiger partial charge in [-0.1, -0.05) is 115 Å². The van der Waals surface area contributed by atoms with Gasteiger partial charge in [0.15, 0.2) is 0 Å². The van der Waals surface area contributed by atoms with E-state index in [4.69, 9.17) is 0 Å². The van der Waals surface area contributed by atoms with Crippen LogP contribution < -0.4 is 4.90 Å². The molecule has 11 rings (SSSR count). The van der Waals surface area contributed by atoms with Crippen molar-refractivity contribution >= 4 is 103 Å². The summed E-state index contributed by atoms with van der Waals surface area (Å²) in [5.41, 5.74) is 6.98. The predicted octanol–water partition coefficient (Wildman–Crippen LogP) is 14.1. The summed E-state index contributed by atoms with van der Waals surface area (Å²) in [4.78, 5) is 2.47. The monoisotopic (exact) mass is 666 g/mol. The van der Waals surface area contributed by atoms with Crippen LogP contribution in [0.4, 0.5) is 17.1 Å². The molecule has 51 heavy (non-hydrogen) atoms. The molecule has 0 atom stereocenters. The first kappa shape index (κ1) is 28.4. The third-order valence-electron chi connectivity index (χ3n) is 10.5. The fourth-order valence-electron chi connectivity index (χ4n) is 8.19. The minimum absolute atomic E-state index is 1.12. The number of fused-ring (bicyclic) bond motifs is 10. The van der Waals surface area contributed by atoms with E-state index in [1.807, 2.05) is 11.3 Å². The first-order chi connectivity index (χ1) is 25.3. The van der Waals surface area contributed by atoms with Gasteiger partial charge in [-0.25, -0.2) is 0 Å². The Bertz CT molecular complexity index is 3150. The lowest BCUT2D eigenvalue weighted by Crippen LogP contribution is -2.10. The van der Waals surface area contributed by atoms with Gasteiger partial charge >= 0.3 is 0 Å². The van der Waals surface area contributed by atoms with Gasteiger partial charge in [0.1, 0.15) is 0 Å². The Labute approximate surface area is 298 Å². The predicted molar refractivity (Wildman–Crippen MR) is 221 cm³/mol. The number of nitrogens with zero attached hydrogens (tertiary/aromatic N) is 2. The fraction of sp³-hybridized carbons (Fsp3) is 0. The third kappa shape index (κ3) is 4.35. The van der Waals surface area contributed by atoms with Gasteiger partial charge in [-0.3, -0.25) is 0 Å². The van der Waals surface area contributed by atoms with E-state index < -0.39 is 0 Å². The largest absolute Gasteiger partial charge is 0.310 e. The molecule has 2 heterocycles. The van der Waals surface area contributed by atoms with Crippen LogP contribution in [0.15, 0.2) is 182 Å². The normalized spacial score (nSPS) is 11.9. The van der Waals surface area contributed by atoms with Gasteiger partial charge in [-0.05, 0) is 99.0 Å². The number of thiophene rings is 1. The van der Waals surface area contributed by atoms with Crippen molar-refractivity contribution in [3.8, 4) is 5.69 Å². The lowest BCUT2D eigenvalue weighted by Gasteiger charge is -2.27. The van der Waals surface area contributed by atoms with Gasteiger partial charge in [0.25, 0.3) is 0 Å². The smallest absolute Gasteiger partial charge is 0.0562 e. The number of anilines is 3. The van der Waals surface area contributed by atoms with E-state index in [2.05, 4.69) is 191 Å². The molecule has 0 fully saturated rings. The Morgan fingerprint density at radius 2 is 1.04 bits per heavy atom. The van der Waals surface area contributed by atoms with Crippen molar-refractivity contribution in [3.63, 3.8) is 0 Å². The second kappa shape index (κ2) is 11.0. The Morgan fingerprint density at radius 1 is 0.373 bits per heavy atom. The minimum Gasteiger partial charge on any atom is -0.310 e. The van der Waals surface area contributed by atoms with E-state index in [1.165, 1.54) is 80.0 Å². The highest BCUT2D eigenvalue weighted by Gasteiger charge is 2.22. The lowest BCUT2D eigenvalue weighted by atomic mass is 10.0. The van der Waals surface area contributed by atoms with E-state index in [-0.39, 0.29) is 0 Å². The van der Waals surface area contributed by atoms with Crippen molar-refractivity contribution in [1.29, 1.82) is 0 Å². The number of para-hydroxylation sites is 1. The molecule has 0 radical (unpaired) electrons. The molecule has 11 aromatic rings. The van der Waals surface area contributed by atoms with Gasteiger partial charge in [0.05, 0.1) is 16.7 Å². The van der Waals surface area contributed by atoms with Crippen LogP contribution in [0.3, 0.4) is 0 Å². The average molecular weight is 667 g/mol. The number of hydrogen-bond donors (Lipinski definition) is 0. The Morgan fingerprint density at radius 3 is 1.88 bits per heavy atom. The van der Waals surface area contributed by atoms with E-state index in [0.717, 1.165) is 17.1 Å². The zero-order chi connectivity index (χ0) is 33.5. The Balaban J connectivity index is 1.24. The molecule has 0 aliphatic heterocycles. The van der Waals surface area contributed by atoms with Crippen molar-refractivity contribution in [1.82, 2.24) is 4.57 Å². The highest BCUT2D eigenvalue weighted by molar-refractivity contribution is 7.26. The minimum atomic E-state index is 1.12. The second-order valence-electron chi connectivity index (χ2n) is 13.4. The Kier molecular flexibility index (Phi) is 6.16. The van der Waals surface area contributed by atoms with Gasteiger partial charge in [0, 0.05) is 48.0 Å². The van der Waals surface area contributed by atoms with Crippen LogP contribution >= 0.6 is 11.3 Å². The van der Waals surface area contributed by atoms with Crippen molar-refractivity contribution in [2.45, 2.75) is 0 Å². The van der Waals surface area contributed by atoms with Crippen LogP contribution in [0.25, 0.3) is 80.0 Å². The molecule has 0 unspecified atom stereocenters. The molecular formula is C48H30N2S. The highest BCUT2D eigenvalue weighted by atomic mass is 32.1. The number of hydrogen-bond acceptors (Lipinski definition) is 2. The van der Waals surface area contributed by atoms with Crippen LogP contribution in [-0.2, 0) is 0 Å². The molecule has 0 spiro atoms. The van der Waals surface area contributed by atoms with E-state index >= 15 is 0 Å². The van der Waals surface area contributed by atoms with Gasteiger partial charge in [-0.15, -0.1) is 11.3 Å². The third-order valence-corrected chi connectivity index (χ3v) is 11.6. The summed E-state index contributed by atoms with van der Waals surface area (Å²) >= 11 is 1.88. The molecule has 2 aromatic heterocycles. The molecular weight excluding hydrogens is 637 g/mol. The highest BCUT2D eigenvalue weighted by Crippen LogP contribution is 2.47. The molecule has 0 saturated carbocycles. The summed E-state index contributed by atoms with van der Waals surface area (Å²) < 4.78 is 5.03. The first-order valence-electron chi connectivity index (χ1n) is 17.4. The zero-order valence-corrected chi connectivity index (χ0v) is 28.4. The molecule has 0 amide bonds. The standard InChI is InChI=1S/C48H30N2S/c1-2-16-36(17-3-1)50-43-26-22-32-12-8-9-18-39(32)47(43)40-25-24-38(30-44(40)50)49(37-23-21-31-11-4-5-13-33(31)27-37)42-19-10-20-45-48(42)41-28-34-14-6-7-15-35(34)29-46(41)51-45/h1-30H. The summed E-state index contributed by atoms with van der Waals surface area (Å²) in [5.74, 6) is 0. The summed E-state index contributed by atoms with van der Waals surface area (Å²) in [6.07, 6.45) is 0. The van der Waals surface area contributed by atoms with Crippen LogP contribution in [0, 0.1) is 0 Å². The first-order valence-corrected chi connectivity index (χ1v) is 18.2. The Hall–Kier alpha value is -6.42. The van der Waals surface area contributed by atoms with Crippen molar-refractivity contribution in [2.75, 3.05) is 4.90 Å². The van der Waals surface area contributed by atoms with Crippen LogP contribution in [0.5, 0.6) is 0 Å². The van der Waals surface area contributed by atoms with Crippen molar-refractivity contribution in [2.24, 2.45) is 0 Å². The SMILES string of the molecule is c1ccc(-n2c3cc(N(c4ccc5ccccc5c4)c4cccc5sc6cc7ccccc7cc6c45)ccc3c3c4ccccc4ccc32)cc1. The fourth-order valence-corrected chi connectivity index (χ4v) is 9.35.